The van der Waals surface area contributed by atoms with Crippen molar-refractivity contribution < 1.29 is 9.90 Å². The highest BCUT2D eigenvalue weighted by Crippen LogP contribution is 2.43. The Balaban J connectivity index is 1.69. The average Bonchev–Trinajstić information content (AvgIpc) is 2.40. The van der Waals surface area contributed by atoms with E-state index < -0.39 is 11.4 Å². The molecule has 0 bridgehead atoms. The lowest BCUT2D eigenvalue weighted by Crippen LogP contribution is -2.43. The zero-order valence-corrected chi connectivity index (χ0v) is 11.8. The molecule has 2 aliphatic rings. The second-order valence-electron chi connectivity index (χ2n) is 5.96. The molecule has 4 nitrogen and oxygen atoms in total. The van der Waals surface area contributed by atoms with Crippen molar-refractivity contribution in [2.75, 3.05) is 26.2 Å². The Morgan fingerprint density at radius 1 is 1.20 bits per heavy atom. The van der Waals surface area contributed by atoms with Crippen LogP contribution in [0.2, 0.25) is 0 Å². The summed E-state index contributed by atoms with van der Waals surface area (Å²) in [6, 6.07) is 8.23. The number of carbonyl (C=O) groups is 1. The number of carboxylic acid groups (broad SMARTS) is 1. The molecule has 1 saturated heterocycles. The third kappa shape index (κ3) is 2.45. The van der Waals surface area contributed by atoms with Gasteiger partial charge in [0, 0.05) is 32.7 Å². The summed E-state index contributed by atoms with van der Waals surface area (Å²) in [5, 5.41) is 12.8. The second-order valence-corrected chi connectivity index (χ2v) is 5.96. The molecule has 0 unspecified atom stereocenters. The van der Waals surface area contributed by atoms with Crippen molar-refractivity contribution in [3.05, 3.63) is 35.4 Å². The Hall–Kier alpha value is -1.39. The summed E-state index contributed by atoms with van der Waals surface area (Å²) >= 11 is 0. The maximum absolute atomic E-state index is 11.5. The zero-order chi connectivity index (χ0) is 14.0. The van der Waals surface area contributed by atoms with Gasteiger partial charge in [-0.1, -0.05) is 30.7 Å². The van der Waals surface area contributed by atoms with Crippen LogP contribution < -0.4 is 5.32 Å². The van der Waals surface area contributed by atoms with Crippen LogP contribution in [0.3, 0.4) is 0 Å². The number of hydrogen-bond acceptors (Lipinski definition) is 3. The smallest absolute Gasteiger partial charge is 0.314 e. The van der Waals surface area contributed by atoms with E-state index in [4.69, 9.17) is 0 Å². The van der Waals surface area contributed by atoms with Gasteiger partial charge in [-0.25, -0.2) is 0 Å². The van der Waals surface area contributed by atoms with Gasteiger partial charge in [0.05, 0.1) is 5.41 Å². The van der Waals surface area contributed by atoms with E-state index >= 15 is 0 Å². The van der Waals surface area contributed by atoms with Crippen LogP contribution in [-0.2, 0) is 16.8 Å². The topological polar surface area (TPSA) is 52.6 Å². The number of nitrogens with one attached hydrogen (secondary N) is 1. The lowest BCUT2D eigenvalue weighted by molar-refractivity contribution is -0.147. The summed E-state index contributed by atoms with van der Waals surface area (Å²) in [5.74, 6) is -0.668. The molecule has 0 amide bonds. The van der Waals surface area contributed by atoms with Gasteiger partial charge in [-0.05, 0) is 24.0 Å². The molecule has 0 aromatic heterocycles. The third-order valence-corrected chi connectivity index (χ3v) is 4.74. The van der Waals surface area contributed by atoms with Gasteiger partial charge in [0.1, 0.15) is 0 Å². The van der Waals surface area contributed by atoms with Gasteiger partial charge in [0.25, 0.3) is 0 Å². The number of aliphatic carboxylic acids is 1. The van der Waals surface area contributed by atoms with Gasteiger partial charge >= 0.3 is 5.97 Å². The molecule has 1 aliphatic heterocycles. The number of hydrogen-bond donors (Lipinski definition) is 2. The van der Waals surface area contributed by atoms with Crippen LogP contribution >= 0.6 is 0 Å². The largest absolute Gasteiger partial charge is 0.481 e. The van der Waals surface area contributed by atoms with E-state index in [0.717, 1.165) is 57.5 Å². The van der Waals surface area contributed by atoms with Crippen molar-refractivity contribution >= 4 is 5.97 Å². The van der Waals surface area contributed by atoms with Crippen molar-refractivity contribution in [3.63, 3.8) is 0 Å². The molecule has 1 aromatic rings. The molecular formula is C16H22N2O2. The van der Waals surface area contributed by atoms with Crippen LogP contribution in [0.1, 0.15) is 30.4 Å². The molecule has 20 heavy (non-hydrogen) atoms. The summed E-state index contributed by atoms with van der Waals surface area (Å²) in [6.07, 6.45) is 2.58. The van der Waals surface area contributed by atoms with E-state index in [1.165, 1.54) is 5.56 Å². The minimum Gasteiger partial charge on any atom is -0.481 e. The lowest BCUT2D eigenvalue weighted by atomic mass is 9.64. The molecular weight excluding hydrogens is 252 g/mol. The molecule has 1 heterocycles. The van der Waals surface area contributed by atoms with Crippen LogP contribution in [0, 0.1) is 0 Å². The molecule has 0 atom stereocenters. The van der Waals surface area contributed by atoms with E-state index in [1.807, 2.05) is 12.1 Å². The van der Waals surface area contributed by atoms with Gasteiger partial charge in [0.15, 0.2) is 0 Å². The van der Waals surface area contributed by atoms with Gasteiger partial charge in [-0.2, -0.15) is 0 Å². The maximum Gasteiger partial charge on any atom is 0.314 e. The summed E-state index contributed by atoms with van der Waals surface area (Å²) in [6.45, 7) is 5.24. The van der Waals surface area contributed by atoms with Crippen molar-refractivity contribution in [1.29, 1.82) is 0 Å². The number of carboxylic acids is 1. The number of rotatable bonds is 4. The monoisotopic (exact) mass is 274 g/mol. The number of piperazine rings is 1. The van der Waals surface area contributed by atoms with Crippen molar-refractivity contribution in [2.45, 2.75) is 31.2 Å². The van der Waals surface area contributed by atoms with Crippen LogP contribution in [0.15, 0.2) is 24.3 Å². The first kappa shape index (κ1) is 13.6. The first-order chi connectivity index (χ1) is 9.71. The predicted molar refractivity (Wildman–Crippen MR) is 77.8 cm³/mol. The van der Waals surface area contributed by atoms with Crippen LogP contribution in [0.5, 0.6) is 0 Å². The molecule has 1 aliphatic carbocycles. The molecule has 0 spiro atoms. The molecule has 0 radical (unpaired) electrons. The van der Waals surface area contributed by atoms with E-state index in [9.17, 15) is 9.90 Å². The summed E-state index contributed by atoms with van der Waals surface area (Å²) in [4.78, 5) is 13.9. The molecule has 1 saturated carbocycles. The Morgan fingerprint density at radius 2 is 1.85 bits per heavy atom. The standard InChI is InChI=1S/C16H22N2O2/c19-15(20)16(6-1-7-16)14-4-2-13(3-5-14)12-18-10-8-17-9-11-18/h2-5,17H,1,6-12H2,(H,19,20). The second kappa shape index (κ2) is 5.54. The van der Waals surface area contributed by atoms with Gasteiger partial charge in [-0.3, -0.25) is 9.69 Å². The Labute approximate surface area is 119 Å². The highest BCUT2D eigenvalue weighted by atomic mass is 16.4. The lowest BCUT2D eigenvalue weighted by Gasteiger charge is -2.38. The molecule has 3 rings (SSSR count). The van der Waals surface area contributed by atoms with Gasteiger partial charge in [0.2, 0.25) is 0 Å². The Kier molecular flexibility index (Phi) is 3.76. The van der Waals surface area contributed by atoms with Crippen LogP contribution in [0.4, 0.5) is 0 Å². The fourth-order valence-electron chi connectivity index (χ4n) is 3.21. The van der Waals surface area contributed by atoms with Gasteiger partial charge < -0.3 is 10.4 Å². The Bertz CT molecular complexity index is 474. The third-order valence-electron chi connectivity index (χ3n) is 4.74. The average molecular weight is 274 g/mol. The predicted octanol–water partition coefficient (Wildman–Crippen LogP) is 1.60. The molecule has 2 fully saturated rings. The fraction of sp³-hybridized carbons (Fsp3) is 0.562. The highest BCUT2D eigenvalue weighted by Gasteiger charge is 2.45. The molecule has 4 heteroatoms. The normalized spacial score (nSPS) is 22.2. The zero-order valence-electron chi connectivity index (χ0n) is 11.8. The van der Waals surface area contributed by atoms with Crippen molar-refractivity contribution in [2.24, 2.45) is 0 Å². The fourth-order valence-corrected chi connectivity index (χ4v) is 3.21. The number of benzene rings is 1. The van der Waals surface area contributed by atoms with E-state index in [-0.39, 0.29) is 0 Å². The SMILES string of the molecule is O=C(O)C1(c2ccc(CN3CCNCC3)cc2)CCC1. The molecule has 2 N–H and O–H groups in total. The Morgan fingerprint density at radius 3 is 2.35 bits per heavy atom. The quantitative estimate of drug-likeness (QED) is 0.875. The summed E-state index contributed by atoms with van der Waals surface area (Å²) in [5.41, 5.74) is 1.64. The first-order valence-electron chi connectivity index (χ1n) is 7.47. The minimum atomic E-state index is -0.668. The first-order valence-corrected chi connectivity index (χ1v) is 7.47. The summed E-state index contributed by atoms with van der Waals surface area (Å²) in [7, 11) is 0. The van der Waals surface area contributed by atoms with Crippen LogP contribution in [-0.4, -0.2) is 42.2 Å². The minimum absolute atomic E-state index is 0.604. The van der Waals surface area contributed by atoms with E-state index in [2.05, 4.69) is 22.3 Å². The van der Waals surface area contributed by atoms with Gasteiger partial charge in [-0.15, -0.1) is 0 Å². The molecule has 108 valence electrons. The van der Waals surface area contributed by atoms with E-state index in [0.29, 0.717) is 0 Å². The van der Waals surface area contributed by atoms with Crippen molar-refractivity contribution in [3.8, 4) is 0 Å². The summed E-state index contributed by atoms with van der Waals surface area (Å²) < 4.78 is 0. The molecule has 1 aromatic carbocycles. The van der Waals surface area contributed by atoms with Crippen molar-refractivity contribution in [1.82, 2.24) is 10.2 Å². The maximum atomic E-state index is 11.5. The highest BCUT2D eigenvalue weighted by molar-refractivity contribution is 5.82. The van der Waals surface area contributed by atoms with E-state index in [1.54, 1.807) is 0 Å². The van der Waals surface area contributed by atoms with Crippen LogP contribution in [0.25, 0.3) is 0 Å². The number of nitrogens with zero attached hydrogens (tertiary/aromatic N) is 1.